The fraction of sp³-hybridized carbons (Fsp3) is 0.867. The molecule has 0 atom stereocenters. The number of carbonyl (C=O) groups excluding carboxylic acids is 1. The molecule has 0 unspecified atom stereocenters. The summed E-state index contributed by atoms with van der Waals surface area (Å²) in [6.45, 7) is 6.53. The molecule has 0 aliphatic carbocycles. The summed E-state index contributed by atoms with van der Waals surface area (Å²) in [6.07, 6.45) is 12.3. The Labute approximate surface area is 107 Å². The molecule has 0 spiro atoms. The molecule has 17 heavy (non-hydrogen) atoms. The van der Waals surface area contributed by atoms with E-state index >= 15 is 0 Å². The van der Waals surface area contributed by atoms with E-state index in [0.717, 1.165) is 32.1 Å². The largest absolute Gasteiger partial charge is 0.466 e. The first kappa shape index (κ1) is 16.5. The molecule has 0 saturated carbocycles. The number of ether oxygens (including phenoxy) is 1. The Morgan fingerprint density at radius 3 is 2.12 bits per heavy atom. The lowest BCUT2D eigenvalue weighted by Gasteiger charge is -2.04. The van der Waals surface area contributed by atoms with Gasteiger partial charge in [-0.1, -0.05) is 65.2 Å². The average Bonchev–Trinajstić information content (AvgIpc) is 2.33. The number of carbonyl (C=O) groups is 1. The zero-order chi connectivity index (χ0) is 12.8. The van der Waals surface area contributed by atoms with Crippen LogP contribution in [0.3, 0.4) is 0 Å². The van der Waals surface area contributed by atoms with Gasteiger partial charge in [0.15, 0.2) is 0 Å². The van der Waals surface area contributed by atoms with Crippen LogP contribution in [-0.4, -0.2) is 12.6 Å². The van der Waals surface area contributed by atoms with E-state index in [1.165, 1.54) is 32.1 Å². The van der Waals surface area contributed by atoms with Crippen molar-refractivity contribution in [2.24, 2.45) is 0 Å². The molecule has 0 bridgehead atoms. The van der Waals surface area contributed by atoms with E-state index in [9.17, 15) is 4.79 Å². The minimum atomic E-state index is -0.0180. The molecule has 0 rings (SSSR count). The highest BCUT2D eigenvalue weighted by molar-refractivity contribution is 5.69. The van der Waals surface area contributed by atoms with Crippen LogP contribution in [0.2, 0.25) is 0 Å². The highest BCUT2D eigenvalue weighted by atomic mass is 16.5. The molecule has 101 valence electrons. The van der Waals surface area contributed by atoms with Gasteiger partial charge in [-0.15, -0.1) is 0 Å². The molecule has 0 aromatic heterocycles. The van der Waals surface area contributed by atoms with E-state index in [2.05, 4.69) is 13.8 Å². The molecule has 0 amide bonds. The minimum Gasteiger partial charge on any atom is -0.466 e. The molecule has 0 N–H and O–H groups in total. The maximum Gasteiger partial charge on any atom is 0.305 e. The number of hydrogen-bond donors (Lipinski definition) is 0. The van der Waals surface area contributed by atoms with Gasteiger partial charge in [-0.3, -0.25) is 4.79 Å². The molecular formula is C15H29O2. The van der Waals surface area contributed by atoms with Crippen molar-refractivity contribution in [1.82, 2.24) is 0 Å². The Morgan fingerprint density at radius 2 is 1.53 bits per heavy atom. The summed E-state index contributed by atoms with van der Waals surface area (Å²) in [4.78, 5) is 11.3. The third kappa shape index (κ3) is 13.4. The summed E-state index contributed by atoms with van der Waals surface area (Å²) in [5, 5.41) is 0. The molecular weight excluding hydrogens is 212 g/mol. The van der Waals surface area contributed by atoms with Crippen LogP contribution in [-0.2, 0) is 9.53 Å². The van der Waals surface area contributed by atoms with Gasteiger partial charge in [0.1, 0.15) is 0 Å². The van der Waals surface area contributed by atoms with Crippen molar-refractivity contribution in [2.75, 3.05) is 6.61 Å². The van der Waals surface area contributed by atoms with E-state index in [1.54, 1.807) is 0 Å². The molecule has 0 saturated heterocycles. The average molecular weight is 241 g/mol. The standard InChI is InChI=1S/C15H29O2/c1-3-5-7-8-9-10-11-12-13-15(16)17-14-6-4-2/h1,3-14H2,2H3. The van der Waals surface area contributed by atoms with E-state index in [4.69, 9.17) is 4.74 Å². The third-order valence-electron chi connectivity index (χ3n) is 2.89. The highest BCUT2D eigenvalue weighted by Crippen LogP contribution is 2.09. The third-order valence-corrected chi connectivity index (χ3v) is 2.89. The Hall–Kier alpha value is -0.530. The van der Waals surface area contributed by atoms with Crippen molar-refractivity contribution in [1.29, 1.82) is 0 Å². The van der Waals surface area contributed by atoms with Gasteiger partial charge in [0, 0.05) is 6.42 Å². The van der Waals surface area contributed by atoms with E-state index in [1.807, 2.05) is 0 Å². The van der Waals surface area contributed by atoms with Crippen molar-refractivity contribution in [3.63, 3.8) is 0 Å². The molecule has 0 fully saturated rings. The monoisotopic (exact) mass is 241 g/mol. The molecule has 0 aromatic carbocycles. The van der Waals surface area contributed by atoms with Gasteiger partial charge >= 0.3 is 5.97 Å². The Balaban J connectivity index is 3.08. The van der Waals surface area contributed by atoms with Gasteiger partial charge in [-0.25, -0.2) is 0 Å². The van der Waals surface area contributed by atoms with Crippen LogP contribution in [0.25, 0.3) is 0 Å². The molecule has 0 aromatic rings. The Bertz CT molecular complexity index is 166. The normalized spacial score (nSPS) is 10.5. The second kappa shape index (κ2) is 13.5. The minimum absolute atomic E-state index is 0.0180. The summed E-state index contributed by atoms with van der Waals surface area (Å²) in [6, 6.07) is 0. The first-order valence-corrected chi connectivity index (χ1v) is 7.26. The van der Waals surface area contributed by atoms with Crippen LogP contribution >= 0.6 is 0 Å². The molecule has 2 heteroatoms. The SMILES string of the molecule is [CH2]CCCCCCCCCC(=O)OCCCC. The second-order valence-electron chi connectivity index (χ2n) is 4.65. The second-order valence-corrected chi connectivity index (χ2v) is 4.65. The quantitative estimate of drug-likeness (QED) is 0.366. The maximum absolute atomic E-state index is 11.3. The molecule has 0 heterocycles. The van der Waals surface area contributed by atoms with Crippen molar-refractivity contribution in [2.45, 2.75) is 77.6 Å². The number of unbranched alkanes of at least 4 members (excludes halogenated alkanes) is 8. The maximum atomic E-state index is 11.3. The van der Waals surface area contributed by atoms with Gasteiger partial charge in [0.25, 0.3) is 0 Å². The van der Waals surface area contributed by atoms with Gasteiger partial charge in [-0.2, -0.15) is 0 Å². The topological polar surface area (TPSA) is 26.3 Å². The van der Waals surface area contributed by atoms with E-state index < -0.39 is 0 Å². The predicted octanol–water partition coefficient (Wildman–Crippen LogP) is 4.67. The van der Waals surface area contributed by atoms with E-state index in [-0.39, 0.29) is 5.97 Å². The van der Waals surface area contributed by atoms with Gasteiger partial charge in [-0.05, 0) is 12.8 Å². The smallest absolute Gasteiger partial charge is 0.305 e. The summed E-state index contributed by atoms with van der Waals surface area (Å²) in [5.41, 5.74) is 0. The van der Waals surface area contributed by atoms with Crippen LogP contribution in [0.5, 0.6) is 0 Å². The fourth-order valence-electron chi connectivity index (χ4n) is 1.73. The van der Waals surface area contributed by atoms with Crippen LogP contribution in [0.1, 0.15) is 77.6 Å². The van der Waals surface area contributed by atoms with Crippen molar-refractivity contribution >= 4 is 5.97 Å². The van der Waals surface area contributed by atoms with Crippen molar-refractivity contribution in [3.8, 4) is 0 Å². The molecule has 1 radical (unpaired) electrons. The van der Waals surface area contributed by atoms with E-state index in [0.29, 0.717) is 13.0 Å². The lowest BCUT2D eigenvalue weighted by molar-refractivity contribution is -0.143. The number of hydrogen-bond acceptors (Lipinski definition) is 2. The summed E-state index contributed by atoms with van der Waals surface area (Å²) >= 11 is 0. The molecule has 0 aliphatic rings. The zero-order valence-electron chi connectivity index (χ0n) is 11.5. The highest BCUT2D eigenvalue weighted by Gasteiger charge is 2.01. The Morgan fingerprint density at radius 1 is 0.941 bits per heavy atom. The molecule has 0 aliphatic heterocycles. The summed E-state index contributed by atoms with van der Waals surface area (Å²) in [7, 11) is 0. The predicted molar refractivity (Wildman–Crippen MR) is 72.8 cm³/mol. The van der Waals surface area contributed by atoms with Crippen molar-refractivity contribution in [3.05, 3.63) is 6.92 Å². The number of rotatable bonds is 12. The first-order chi connectivity index (χ1) is 8.31. The lowest BCUT2D eigenvalue weighted by atomic mass is 10.1. The van der Waals surface area contributed by atoms with Gasteiger partial charge in [0.2, 0.25) is 0 Å². The first-order valence-electron chi connectivity index (χ1n) is 7.26. The van der Waals surface area contributed by atoms with Gasteiger partial charge < -0.3 is 4.74 Å². The van der Waals surface area contributed by atoms with Crippen LogP contribution in [0.15, 0.2) is 0 Å². The summed E-state index contributed by atoms with van der Waals surface area (Å²) in [5.74, 6) is -0.0180. The fourth-order valence-corrected chi connectivity index (χ4v) is 1.73. The van der Waals surface area contributed by atoms with Crippen molar-refractivity contribution < 1.29 is 9.53 Å². The van der Waals surface area contributed by atoms with Crippen LogP contribution in [0.4, 0.5) is 0 Å². The van der Waals surface area contributed by atoms with Crippen LogP contribution < -0.4 is 0 Å². The number of esters is 1. The summed E-state index contributed by atoms with van der Waals surface area (Å²) < 4.78 is 5.10. The van der Waals surface area contributed by atoms with Gasteiger partial charge in [0.05, 0.1) is 6.61 Å². The Kier molecular flexibility index (Phi) is 13.1. The van der Waals surface area contributed by atoms with Crippen LogP contribution in [0, 0.1) is 6.92 Å². The lowest BCUT2D eigenvalue weighted by Crippen LogP contribution is -2.05. The molecule has 2 nitrogen and oxygen atoms in total. The zero-order valence-corrected chi connectivity index (χ0v) is 11.5.